The number of aryl methyl sites for hydroxylation is 1. The van der Waals surface area contributed by atoms with E-state index in [9.17, 15) is 13.2 Å². The van der Waals surface area contributed by atoms with E-state index < -0.39 is 22.0 Å². The van der Waals surface area contributed by atoms with E-state index >= 15 is 0 Å². The first-order chi connectivity index (χ1) is 12.7. The number of sulfonamides is 1. The number of ether oxygens (including phenoxy) is 1. The van der Waals surface area contributed by atoms with E-state index in [0.29, 0.717) is 17.9 Å². The molecule has 0 heterocycles. The molecular weight excluding hydrogens is 411 g/mol. The Hall–Kier alpha value is -1.80. The normalized spacial score (nSPS) is 12.5. The lowest BCUT2D eigenvalue weighted by atomic mass is 10.2. The van der Waals surface area contributed by atoms with Gasteiger partial charge in [-0.3, -0.25) is 4.79 Å². The monoisotopic (exact) mass is 430 g/mol. The van der Waals surface area contributed by atoms with Crippen LogP contribution in [0.15, 0.2) is 41.3 Å². The van der Waals surface area contributed by atoms with Crippen LogP contribution >= 0.6 is 23.2 Å². The topological polar surface area (TPSA) is 84.5 Å². The van der Waals surface area contributed by atoms with Gasteiger partial charge in [0, 0.05) is 0 Å². The van der Waals surface area contributed by atoms with Gasteiger partial charge < -0.3 is 10.1 Å². The highest BCUT2D eigenvalue weighted by Crippen LogP contribution is 2.30. The first-order valence-electron chi connectivity index (χ1n) is 8.16. The molecule has 0 radical (unpaired) electrons. The van der Waals surface area contributed by atoms with E-state index in [4.69, 9.17) is 27.9 Å². The van der Waals surface area contributed by atoms with Gasteiger partial charge in [0.1, 0.15) is 5.75 Å². The van der Waals surface area contributed by atoms with Crippen LogP contribution in [0.2, 0.25) is 10.0 Å². The van der Waals surface area contributed by atoms with E-state index in [1.54, 1.807) is 31.2 Å². The SMILES string of the molecule is CCOc1ccc(S(=O)(=O)N[C@@H](C)C(=O)Nc2c(Cl)cccc2Cl)cc1C. The quantitative estimate of drug-likeness (QED) is 0.694. The maximum atomic E-state index is 12.6. The molecule has 2 N–H and O–H groups in total. The number of rotatable bonds is 7. The summed E-state index contributed by atoms with van der Waals surface area (Å²) < 4.78 is 32.9. The number of hydrogen-bond donors (Lipinski definition) is 2. The maximum Gasteiger partial charge on any atom is 0.242 e. The number of amides is 1. The Morgan fingerprint density at radius 2 is 1.81 bits per heavy atom. The summed E-state index contributed by atoms with van der Waals surface area (Å²) in [6, 6.07) is 8.23. The number of carbonyl (C=O) groups excluding carboxylic acids is 1. The van der Waals surface area contributed by atoms with Gasteiger partial charge in [-0.25, -0.2) is 8.42 Å². The number of anilines is 1. The minimum Gasteiger partial charge on any atom is -0.494 e. The van der Waals surface area contributed by atoms with Gasteiger partial charge in [-0.2, -0.15) is 4.72 Å². The van der Waals surface area contributed by atoms with Gasteiger partial charge in [0.25, 0.3) is 0 Å². The highest BCUT2D eigenvalue weighted by atomic mass is 35.5. The van der Waals surface area contributed by atoms with Crippen LogP contribution < -0.4 is 14.8 Å². The summed E-state index contributed by atoms with van der Waals surface area (Å²) in [7, 11) is -3.90. The molecule has 0 spiro atoms. The smallest absolute Gasteiger partial charge is 0.242 e. The Bertz CT molecular complexity index is 928. The Morgan fingerprint density at radius 3 is 2.37 bits per heavy atom. The molecule has 2 rings (SSSR count). The number of carbonyl (C=O) groups is 1. The molecule has 0 aliphatic carbocycles. The fourth-order valence-corrected chi connectivity index (χ4v) is 4.09. The summed E-state index contributed by atoms with van der Waals surface area (Å²) in [4.78, 5) is 12.4. The standard InChI is InChI=1S/C18H20Cl2N2O4S/c1-4-26-16-9-8-13(10-11(16)2)27(24,25)22-12(3)18(23)21-17-14(19)6-5-7-15(17)20/h5-10,12,22H,4H2,1-3H3,(H,21,23)/t12-/m0/s1. The van der Waals surface area contributed by atoms with E-state index in [-0.39, 0.29) is 20.6 Å². The van der Waals surface area contributed by atoms with E-state index in [1.165, 1.54) is 19.1 Å². The summed E-state index contributed by atoms with van der Waals surface area (Å²) in [5, 5.41) is 3.05. The Kier molecular flexibility index (Phi) is 7.11. The highest BCUT2D eigenvalue weighted by molar-refractivity contribution is 7.89. The van der Waals surface area contributed by atoms with Crippen LogP contribution in [0.25, 0.3) is 0 Å². The Morgan fingerprint density at radius 1 is 1.19 bits per heavy atom. The Balaban J connectivity index is 2.14. The zero-order chi connectivity index (χ0) is 20.2. The molecule has 2 aromatic rings. The molecule has 0 fully saturated rings. The number of halogens is 2. The van der Waals surface area contributed by atoms with Crippen LogP contribution in [0.3, 0.4) is 0 Å². The zero-order valence-corrected chi connectivity index (χ0v) is 17.4. The van der Waals surface area contributed by atoms with E-state index in [1.807, 2.05) is 6.92 Å². The lowest BCUT2D eigenvalue weighted by Gasteiger charge is -2.16. The van der Waals surface area contributed by atoms with Crippen LogP contribution in [0.5, 0.6) is 5.75 Å². The second-order valence-corrected chi connectivity index (χ2v) is 8.32. The van der Waals surface area contributed by atoms with Crippen molar-refractivity contribution >= 4 is 44.8 Å². The molecule has 1 amide bonds. The fraction of sp³-hybridized carbons (Fsp3) is 0.278. The first kappa shape index (κ1) is 21.5. The highest BCUT2D eigenvalue weighted by Gasteiger charge is 2.23. The van der Waals surface area contributed by atoms with Crippen molar-refractivity contribution in [2.45, 2.75) is 31.7 Å². The van der Waals surface area contributed by atoms with Crippen molar-refractivity contribution in [3.05, 3.63) is 52.0 Å². The lowest BCUT2D eigenvalue weighted by Crippen LogP contribution is -2.41. The van der Waals surface area contributed by atoms with Crippen molar-refractivity contribution in [2.75, 3.05) is 11.9 Å². The third-order valence-corrected chi connectivity index (χ3v) is 5.86. The van der Waals surface area contributed by atoms with E-state index in [2.05, 4.69) is 10.0 Å². The third kappa shape index (κ3) is 5.35. The molecule has 2 aromatic carbocycles. The van der Waals surface area contributed by atoms with Crippen LogP contribution in [0, 0.1) is 6.92 Å². The predicted molar refractivity (Wildman–Crippen MR) is 107 cm³/mol. The van der Waals surface area contributed by atoms with Crippen molar-refractivity contribution in [3.8, 4) is 5.75 Å². The summed E-state index contributed by atoms with van der Waals surface area (Å²) >= 11 is 12.0. The zero-order valence-electron chi connectivity index (χ0n) is 15.0. The van der Waals surface area contributed by atoms with Crippen molar-refractivity contribution in [1.82, 2.24) is 4.72 Å². The molecule has 0 unspecified atom stereocenters. The molecule has 0 aliphatic heterocycles. The van der Waals surface area contributed by atoms with E-state index in [0.717, 1.165) is 0 Å². The van der Waals surface area contributed by atoms with Crippen molar-refractivity contribution in [3.63, 3.8) is 0 Å². The molecule has 146 valence electrons. The summed E-state index contributed by atoms with van der Waals surface area (Å²) in [5.74, 6) is 0.0202. The molecule has 1 atom stereocenters. The predicted octanol–water partition coefficient (Wildman–Crippen LogP) is 4.01. The molecular formula is C18H20Cl2N2O4S. The number of hydrogen-bond acceptors (Lipinski definition) is 4. The number of para-hydroxylation sites is 1. The van der Waals surface area contributed by atoms with Gasteiger partial charge in [-0.1, -0.05) is 29.3 Å². The van der Waals surface area contributed by atoms with Crippen molar-refractivity contribution in [1.29, 1.82) is 0 Å². The fourth-order valence-electron chi connectivity index (χ4n) is 2.31. The molecule has 0 bridgehead atoms. The largest absolute Gasteiger partial charge is 0.494 e. The molecule has 6 nitrogen and oxygen atoms in total. The van der Waals surface area contributed by atoms with Crippen LogP contribution in [-0.2, 0) is 14.8 Å². The van der Waals surface area contributed by atoms with Crippen LogP contribution in [0.4, 0.5) is 5.69 Å². The number of benzene rings is 2. The van der Waals surface area contributed by atoms with Gasteiger partial charge in [-0.15, -0.1) is 0 Å². The third-order valence-electron chi connectivity index (χ3n) is 3.69. The summed E-state index contributed by atoms with van der Waals surface area (Å²) in [5.41, 5.74) is 0.911. The second kappa shape index (κ2) is 8.93. The molecule has 27 heavy (non-hydrogen) atoms. The molecule has 9 heteroatoms. The minimum atomic E-state index is -3.90. The van der Waals surface area contributed by atoms with Crippen LogP contribution in [0.1, 0.15) is 19.4 Å². The van der Waals surface area contributed by atoms with Crippen molar-refractivity contribution < 1.29 is 17.9 Å². The minimum absolute atomic E-state index is 0.0406. The average molecular weight is 431 g/mol. The molecule has 0 saturated carbocycles. The molecule has 0 aromatic heterocycles. The summed E-state index contributed by atoms with van der Waals surface area (Å²) in [6.45, 7) is 5.50. The van der Waals surface area contributed by atoms with Crippen LogP contribution in [-0.4, -0.2) is 27.0 Å². The van der Waals surface area contributed by atoms with Gasteiger partial charge in [0.15, 0.2) is 0 Å². The molecule has 0 aliphatic rings. The van der Waals surface area contributed by atoms with Gasteiger partial charge in [-0.05, 0) is 56.7 Å². The summed E-state index contributed by atoms with van der Waals surface area (Å²) in [6.07, 6.45) is 0. The maximum absolute atomic E-state index is 12.6. The van der Waals surface area contributed by atoms with Gasteiger partial charge in [0.2, 0.25) is 15.9 Å². The first-order valence-corrected chi connectivity index (χ1v) is 10.4. The second-order valence-electron chi connectivity index (χ2n) is 5.79. The molecule has 0 saturated heterocycles. The average Bonchev–Trinajstić information content (AvgIpc) is 2.59. The number of nitrogens with one attached hydrogen (secondary N) is 2. The Labute approximate surface area is 168 Å². The van der Waals surface area contributed by atoms with Crippen molar-refractivity contribution in [2.24, 2.45) is 0 Å². The van der Waals surface area contributed by atoms with Gasteiger partial charge in [0.05, 0.1) is 33.3 Å². The van der Waals surface area contributed by atoms with Gasteiger partial charge >= 0.3 is 0 Å². The lowest BCUT2D eigenvalue weighted by molar-refractivity contribution is -0.117.